The van der Waals surface area contributed by atoms with Crippen LogP contribution in [0.1, 0.15) is 32.1 Å². The number of nitrogens with zero attached hydrogens (tertiary/aromatic N) is 1. The van der Waals surface area contributed by atoms with E-state index in [4.69, 9.17) is 0 Å². The van der Waals surface area contributed by atoms with E-state index in [9.17, 15) is 13.2 Å². The Bertz CT molecular complexity index is 594. The monoisotopic (exact) mass is 388 g/mol. The highest BCUT2D eigenvalue weighted by atomic mass is 79.9. The first-order valence-corrected chi connectivity index (χ1v) is 9.80. The first-order valence-electron chi connectivity index (χ1n) is 7.52. The van der Waals surface area contributed by atoms with Crippen molar-refractivity contribution in [2.75, 3.05) is 19.6 Å². The van der Waals surface area contributed by atoms with Crippen LogP contribution in [0.3, 0.4) is 0 Å². The Morgan fingerprint density at radius 3 is 2.27 bits per heavy atom. The van der Waals surface area contributed by atoms with Crippen molar-refractivity contribution in [3.05, 3.63) is 28.7 Å². The normalized spacial score (nSPS) is 16.3. The summed E-state index contributed by atoms with van der Waals surface area (Å²) in [7, 11) is -3.55. The molecule has 0 bridgehead atoms. The standard InChI is InChI=1S/C15H21BrN2O3S/c16-13-5-7-14(8-6-13)22(20,21)17-10-9-15(19)18-11-3-1-2-4-12-18/h5-8,17H,1-4,9-12H2. The molecule has 1 amide bonds. The van der Waals surface area contributed by atoms with Crippen LogP contribution in [0.5, 0.6) is 0 Å². The predicted octanol–water partition coefficient (Wildman–Crippen LogP) is 2.52. The van der Waals surface area contributed by atoms with Gasteiger partial charge in [-0.1, -0.05) is 28.8 Å². The quantitative estimate of drug-likeness (QED) is 0.842. The number of likely N-dealkylation sites (tertiary alicyclic amines) is 1. The maximum absolute atomic E-state index is 12.1. The molecule has 1 aliphatic heterocycles. The van der Waals surface area contributed by atoms with Crippen LogP contribution >= 0.6 is 15.9 Å². The summed E-state index contributed by atoms with van der Waals surface area (Å²) in [6.45, 7) is 1.71. The summed E-state index contributed by atoms with van der Waals surface area (Å²) >= 11 is 3.27. The van der Waals surface area contributed by atoms with E-state index < -0.39 is 10.0 Å². The Morgan fingerprint density at radius 2 is 1.68 bits per heavy atom. The SMILES string of the molecule is O=C(CCNS(=O)(=O)c1ccc(Br)cc1)N1CCCCCC1. The fourth-order valence-corrected chi connectivity index (χ4v) is 3.76. The lowest BCUT2D eigenvalue weighted by atomic mass is 10.2. The summed E-state index contributed by atoms with van der Waals surface area (Å²) in [5.41, 5.74) is 0. The number of rotatable bonds is 5. The summed E-state index contributed by atoms with van der Waals surface area (Å²) in [5, 5.41) is 0. The molecule has 1 saturated heterocycles. The number of hydrogen-bond acceptors (Lipinski definition) is 3. The Morgan fingerprint density at radius 1 is 1.09 bits per heavy atom. The molecule has 2 rings (SSSR count). The minimum atomic E-state index is -3.55. The Hall–Kier alpha value is -0.920. The minimum absolute atomic E-state index is 0.0282. The van der Waals surface area contributed by atoms with Crippen molar-refractivity contribution in [1.29, 1.82) is 0 Å². The molecular formula is C15H21BrN2O3S. The number of amides is 1. The molecule has 7 heteroatoms. The van der Waals surface area contributed by atoms with Gasteiger partial charge in [0, 0.05) is 30.5 Å². The fraction of sp³-hybridized carbons (Fsp3) is 0.533. The molecule has 0 saturated carbocycles. The number of sulfonamides is 1. The average molecular weight is 389 g/mol. The molecule has 1 aliphatic rings. The molecule has 0 radical (unpaired) electrons. The minimum Gasteiger partial charge on any atom is -0.343 e. The third-order valence-corrected chi connectivity index (χ3v) is 5.72. The largest absolute Gasteiger partial charge is 0.343 e. The molecule has 1 aromatic rings. The van der Waals surface area contributed by atoms with Gasteiger partial charge >= 0.3 is 0 Å². The molecule has 5 nitrogen and oxygen atoms in total. The second kappa shape index (κ2) is 8.08. The molecule has 0 aliphatic carbocycles. The molecule has 1 heterocycles. The van der Waals surface area contributed by atoms with Gasteiger partial charge in [-0.25, -0.2) is 13.1 Å². The zero-order valence-electron chi connectivity index (χ0n) is 12.4. The van der Waals surface area contributed by atoms with Crippen molar-refractivity contribution in [2.24, 2.45) is 0 Å². The average Bonchev–Trinajstić information content (AvgIpc) is 2.76. The third kappa shape index (κ3) is 5.07. The van der Waals surface area contributed by atoms with Crippen LogP contribution in [0.2, 0.25) is 0 Å². The second-order valence-corrected chi connectivity index (χ2v) is 8.08. The zero-order chi connectivity index (χ0) is 16.0. The number of carbonyl (C=O) groups excluding carboxylic acids is 1. The van der Waals surface area contributed by atoms with Gasteiger partial charge in [-0.3, -0.25) is 4.79 Å². The molecule has 0 aromatic heterocycles. The van der Waals surface area contributed by atoms with Crippen LogP contribution in [-0.2, 0) is 14.8 Å². The maximum atomic E-state index is 12.1. The number of nitrogens with one attached hydrogen (secondary N) is 1. The van der Waals surface area contributed by atoms with Crippen molar-refractivity contribution >= 4 is 31.9 Å². The van der Waals surface area contributed by atoms with E-state index >= 15 is 0 Å². The summed E-state index contributed by atoms with van der Waals surface area (Å²) < 4.78 is 27.5. The first-order chi connectivity index (χ1) is 10.5. The molecule has 0 unspecified atom stereocenters. The highest BCUT2D eigenvalue weighted by Crippen LogP contribution is 2.14. The molecular weight excluding hydrogens is 368 g/mol. The highest BCUT2D eigenvalue weighted by molar-refractivity contribution is 9.10. The van der Waals surface area contributed by atoms with Crippen molar-refractivity contribution in [2.45, 2.75) is 37.0 Å². The van der Waals surface area contributed by atoms with Gasteiger partial charge in [0.2, 0.25) is 15.9 Å². The molecule has 1 aromatic carbocycles. The predicted molar refractivity (Wildman–Crippen MR) is 89.0 cm³/mol. The Balaban J connectivity index is 1.84. The zero-order valence-corrected chi connectivity index (χ0v) is 14.8. The Labute approximate surface area is 140 Å². The van der Waals surface area contributed by atoms with Crippen LogP contribution in [0, 0.1) is 0 Å². The van der Waals surface area contributed by atoms with Crippen LogP contribution in [0.25, 0.3) is 0 Å². The number of carbonyl (C=O) groups is 1. The second-order valence-electron chi connectivity index (χ2n) is 5.40. The van der Waals surface area contributed by atoms with E-state index in [1.807, 2.05) is 4.90 Å². The van der Waals surface area contributed by atoms with E-state index in [0.29, 0.717) is 0 Å². The van der Waals surface area contributed by atoms with Crippen molar-refractivity contribution in [3.8, 4) is 0 Å². The lowest BCUT2D eigenvalue weighted by Crippen LogP contribution is -2.35. The molecule has 122 valence electrons. The summed E-state index contributed by atoms with van der Waals surface area (Å²) in [4.78, 5) is 14.2. The van der Waals surface area contributed by atoms with Crippen LogP contribution in [-0.4, -0.2) is 38.9 Å². The lowest BCUT2D eigenvalue weighted by molar-refractivity contribution is -0.130. The van der Waals surface area contributed by atoms with E-state index in [-0.39, 0.29) is 23.8 Å². The summed E-state index contributed by atoms with van der Waals surface area (Å²) in [6.07, 6.45) is 4.61. The maximum Gasteiger partial charge on any atom is 0.240 e. The highest BCUT2D eigenvalue weighted by Gasteiger charge is 2.17. The van der Waals surface area contributed by atoms with Gasteiger partial charge in [0.15, 0.2) is 0 Å². The van der Waals surface area contributed by atoms with Crippen LogP contribution in [0.15, 0.2) is 33.6 Å². The topological polar surface area (TPSA) is 66.5 Å². The van der Waals surface area contributed by atoms with Gasteiger partial charge in [0.1, 0.15) is 0 Å². The summed E-state index contributed by atoms with van der Waals surface area (Å²) in [6, 6.07) is 6.42. The van der Waals surface area contributed by atoms with E-state index in [1.165, 1.54) is 25.0 Å². The molecule has 22 heavy (non-hydrogen) atoms. The van der Waals surface area contributed by atoms with E-state index in [1.54, 1.807) is 12.1 Å². The van der Waals surface area contributed by atoms with E-state index in [2.05, 4.69) is 20.7 Å². The Kier molecular flexibility index (Phi) is 6.40. The van der Waals surface area contributed by atoms with Crippen LogP contribution in [0.4, 0.5) is 0 Å². The van der Waals surface area contributed by atoms with Gasteiger partial charge in [0.05, 0.1) is 4.90 Å². The fourth-order valence-electron chi connectivity index (χ4n) is 2.47. The first kappa shape index (κ1) is 17.4. The summed E-state index contributed by atoms with van der Waals surface area (Å²) in [5.74, 6) is 0.0282. The smallest absolute Gasteiger partial charge is 0.240 e. The molecule has 0 spiro atoms. The van der Waals surface area contributed by atoms with Gasteiger partial charge in [-0.05, 0) is 37.1 Å². The number of hydrogen-bond donors (Lipinski definition) is 1. The molecule has 1 N–H and O–H groups in total. The van der Waals surface area contributed by atoms with E-state index in [0.717, 1.165) is 30.4 Å². The number of benzene rings is 1. The van der Waals surface area contributed by atoms with Crippen molar-refractivity contribution < 1.29 is 13.2 Å². The van der Waals surface area contributed by atoms with Gasteiger partial charge in [-0.2, -0.15) is 0 Å². The number of halogens is 1. The van der Waals surface area contributed by atoms with Crippen molar-refractivity contribution in [3.63, 3.8) is 0 Å². The van der Waals surface area contributed by atoms with Gasteiger partial charge < -0.3 is 4.90 Å². The molecule has 0 atom stereocenters. The van der Waals surface area contributed by atoms with Crippen LogP contribution < -0.4 is 4.72 Å². The van der Waals surface area contributed by atoms with Gasteiger partial charge in [-0.15, -0.1) is 0 Å². The third-order valence-electron chi connectivity index (χ3n) is 3.71. The van der Waals surface area contributed by atoms with Crippen molar-refractivity contribution in [1.82, 2.24) is 9.62 Å². The molecule has 1 fully saturated rings. The van der Waals surface area contributed by atoms with Gasteiger partial charge in [0.25, 0.3) is 0 Å². The lowest BCUT2D eigenvalue weighted by Gasteiger charge is -2.20.